The van der Waals surface area contributed by atoms with Gasteiger partial charge in [-0.2, -0.15) is 0 Å². The Labute approximate surface area is 143 Å². The maximum atomic E-state index is 10.3. The number of hydrogen-bond acceptors (Lipinski definition) is 2. The fourth-order valence-corrected chi connectivity index (χ4v) is 2.95. The van der Waals surface area contributed by atoms with Gasteiger partial charge >= 0.3 is 0 Å². The Bertz CT molecular complexity index is 629. The van der Waals surface area contributed by atoms with Crippen LogP contribution in [0.3, 0.4) is 0 Å². The van der Waals surface area contributed by atoms with Crippen LogP contribution in [0.25, 0.3) is 0 Å². The van der Waals surface area contributed by atoms with Crippen molar-refractivity contribution in [3.05, 3.63) is 64.7 Å². The molecule has 23 heavy (non-hydrogen) atoms. The lowest BCUT2D eigenvalue weighted by Crippen LogP contribution is -2.46. The number of quaternary nitrogens is 1. The van der Waals surface area contributed by atoms with Crippen LogP contribution in [0.15, 0.2) is 48.5 Å². The van der Waals surface area contributed by atoms with Crippen LogP contribution in [0.5, 0.6) is 5.75 Å². The average molecular weight is 335 g/mol. The second-order valence-electron chi connectivity index (χ2n) is 6.64. The summed E-state index contributed by atoms with van der Waals surface area (Å²) in [7, 11) is 4.23. The molecule has 0 saturated carbocycles. The zero-order chi connectivity index (χ0) is 16.9. The maximum Gasteiger partial charge on any atom is 0.137 e. The highest BCUT2D eigenvalue weighted by atomic mass is 35.5. The molecule has 124 valence electrons. The molecule has 1 N–H and O–H groups in total. The van der Waals surface area contributed by atoms with Crippen LogP contribution < -0.4 is 4.74 Å². The summed E-state index contributed by atoms with van der Waals surface area (Å²) < 4.78 is 6.43. The summed E-state index contributed by atoms with van der Waals surface area (Å²) >= 11 is 5.94. The van der Waals surface area contributed by atoms with Gasteiger partial charge in [-0.15, -0.1) is 0 Å². The fourth-order valence-electron chi connectivity index (χ4n) is 2.73. The van der Waals surface area contributed by atoms with Gasteiger partial charge in [-0.05, 0) is 30.7 Å². The molecule has 0 radical (unpaired) electrons. The highest BCUT2D eigenvalue weighted by molar-refractivity contribution is 6.30. The number of nitrogens with zero attached hydrogens (tertiary/aromatic N) is 1. The minimum atomic E-state index is -0.524. The van der Waals surface area contributed by atoms with E-state index in [1.165, 1.54) is 5.56 Å². The van der Waals surface area contributed by atoms with E-state index in [9.17, 15) is 5.11 Å². The van der Waals surface area contributed by atoms with Crippen LogP contribution in [-0.2, 0) is 6.54 Å². The predicted octanol–water partition coefficient (Wildman–Crippen LogP) is 3.66. The van der Waals surface area contributed by atoms with Crippen LogP contribution in [0, 0.1) is 6.92 Å². The van der Waals surface area contributed by atoms with Crippen molar-refractivity contribution < 1.29 is 14.3 Å². The number of rotatable bonds is 7. The van der Waals surface area contributed by atoms with Crippen molar-refractivity contribution in [1.29, 1.82) is 0 Å². The third kappa shape index (κ3) is 5.87. The summed E-state index contributed by atoms with van der Waals surface area (Å²) in [6, 6.07) is 15.8. The van der Waals surface area contributed by atoms with Crippen LogP contribution in [0.1, 0.15) is 11.1 Å². The molecule has 0 bridgehead atoms. The molecule has 0 amide bonds. The van der Waals surface area contributed by atoms with E-state index in [2.05, 4.69) is 26.2 Å². The molecule has 3 nitrogen and oxygen atoms in total. The molecule has 0 aliphatic rings. The molecule has 0 fully saturated rings. The molecule has 0 unspecified atom stereocenters. The number of hydrogen-bond donors (Lipinski definition) is 1. The van der Waals surface area contributed by atoms with E-state index >= 15 is 0 Å². The van der Waals surface area contributed by atoms with Crippen LogP contribution in [0.2, 0.25) is 5.02 Å². The van der Waals surface area contributed by atoms with Crippen LogP contribution in [-0.4, -0.2) is 42.9 Å². The van der Waals surface area contributed by atoms with E-state index in [4.69, 9.17) is 16.3 Å². The fraction of sp³-hybridized carbons (Fsp3) is 0.368. The topological polar surface area (TPSA) is 29.5 Å². The molecular formula is C19H25ClNO2+. The van der Waals surface area contributed by atoms with Crippen LogP contribution >= 0.6 is 11.6 Å². The lowest BCUT2D eigenvalue weighted by molar-refractivity contribution is -0.906. The summed E-state index contributed by atoms with van der Waals surface area (Å²) in [4.78, 5) is 0. The molecule has 2 aromatic carbocycles. The Morgan fingerprint density at radius 1 is 1.13 bits per heavy atom. The number of likely N-dealkylation sites (N-methyl/N-ethyl adjacent to an activating group) is 1. The summed E-state index contributed by atoms with van der Waals surface area (Å²) in [5.74, 6) is 0.766. The minimum Gasteiger partial charge on any atom is -0.490 e. The highest BCUT2D eigenvalue weighted by Gasteiger charge is 2.21. The summed E-state index contributed by atoms with van der Waals surface area (Å²) in [5.41, 5.74) is 2.24. The lowest BCUT2D eigenvalue weighted by Gasteiger charge is -2.32. The van der Waals surface area contributed by atoms with Crippen molar-refractivity contribution in [2.45, 2.75) is 19.6 Å². The molecular weight excluding hydrogens is 310 g/mol. The first-order valence-electron chi connectivity index (χ1n) is 7.79. The highest BCUT2D eigenvalue weighted by Crippen LogP contribution is 2.22. The third-order valence-corrected chi connectivity index (χ3v) is 3.96. The van der Waals surface area contributed by atoms with Crippen molar-refractivity contribution in [3.63, 3.8) is 0 Å². The first-order chi connectivity index (χ1) is 10.9. The van der Waals surface area contributed by atoms with E-state index in [1.807, 2.05) is 37.3 Å². The predicted molar refractivity (Wildman–Crippen MR) is 94.8 cm³/mol. The number of ether oxygens (including phenoxy) is 1. The zero-order valence-electron chi connectivity index (χ0n) is 14.0. The molecule has 0 aliphatic carbocycles. The van der Waals surface area contributed by atoms with Gasteiger partial charge in [0.2, 0.25) is 0 Å². The molecule has 4 heteroatoms. The minimum absolute atomic E-state index is 0.277. The molecule has 2 aromatic rings. The van der Waals surface area contributed by atoms with Crippen molar-refractivity contribution in [3.8, 4) is 5.75 Å². The molecule has 0 saturated heterocycles. The third-order valence-electron chi connectivity index (χ3n) is 3.73. The van der Waals surface area contributed by atoms with E-state index in [0.717, 1.165) is 17.9 Å². The molecule has 0 aliphatic heterocycles. The molecule has 1 atom stereocenters. The monoisotopic (exact) mass is 334 g/mol. The number of aliphatic hydroxyl groups excluding tert-OH is 1. The van der Waals surface area contributed by atoms with Gasteiger partial charge in [0.25, 0.3) is 0 Å². The maximum absolute atomic E-state index is 10.3. The lowest BCUT2D eigenvalue weighted by atomic mass is 10.2. The SMILES string of the molecule is Cc1cc(Cl)ccc1OC[C@H](O)C[N+](C)(C)Cc1ccccc1. The van der Waals surface area contributed by atoms with E-state index in [-0.39, 0.29) is 6.61 Å². The zero-order valence-corrected chi connectivity index (χ0v) is 14.8. The van der Waals surface area contributed by atoms with Gasteiger partial charge < -0.3 is 14.3 Å². The number of aryl methyl sites for hydroxylation is 1. The Balaban J connectivity index is 1.87. The first kappa shape index (κ1) is 17.8. The molecule has 0 heterocycles. The molecule has 0 aromatic heterocycles. The smallest absolute Gasteiger partial charge is 0.137 e. The Hall–Kier alpha value is -1.55. The van der Waals surface area contributed by atoms with E-state index in [1.54, 1.807) is 6.07 Å². The summed E-state index contributed by atoms with van der Waals surface area (Å²) in [6.07, 6.45) is -0.524. The Morgan fingerprint density at radius 2 is 1.83 bits per heavy atom. The van der Waals surface area contributed by atoms with Gasteiger partial charge in [0, 0.05) is 10.6 Å². The quantitative estimate of drug-likeness (QED) is 0.783. The first-order valence-corrected chi connectivity index (χ1v) is 8.16. The van der Waals surface area contributed by atoms with Gasteiger partial charge in [-0.3, -0.25) is 0 Å². The van der Waals surface area contributed by atoms with Crippen LogP contribution in [0.4, 0.5) is 0 Å². The van der Waals surface area contributed by atoms with E-state index < -0.39 is 6.10 Å². The van der Waals surface area contributed by atoms with E-state index in [0.29, 0.717) is 16.1 Å². The standard InChI is InChI=1S/C19H25ClNO2/c1-15-11-17(20)9-10-19(15)23-14-18(22)13-21(2,3)12-16-7-5-4-6-8-16/h4-11,18,22H,12-14H2,1-3H3/q+1/t18-/m1/s1. The van der Waals surface area contributed by atoms with Gasteiger partial charge in [0.1, 0.15) is 31.5 Å². The van der Waals surface area contributed by atoms with Crippen molar-refractivity contribution >= 4 is 11.6 Å². The van der Waals surface area contributed by atoms with Gasteiger partial charge in [0.15, 0.2) is 0 Å². The number of halogens is 1. The summed E-state index contributed by atoms with van der Waals surface area (Å²) in [5, 5.41) is 11.0. The normalized spacial score (nSPS) is 12.9. The van der Waals surface area contributed by atoms with Gasteiger partial charge in [-0.1, -0.05) is 41.9 Å². The van der Waals surface area contributed by atoms with Crippen molar-refractivity contribution in [2.24, 2.45) is 0 Å². The second-order valence-corrected chi connectivity index (χ2v) is 7.07. The largest absolute Gasteiger partial charge is 0.490 e. The van der Waals surface area contributed by atoms with Crippen molar-refractivity contribution in [2.75, 3.05) is 27.2 Å². The molecule has 0 spiro atoms. The summed E-state index contributed by atoms with van der Waals surface area (Å²) in [6.45, 7) is 3.72. The van der Waals surface area contributed by atoms with Crippen molar-refractivity contribution in [1.82, 2.24) is 0 Å². The Kier molecular flexibility index (Phi) is 6.05. The van der Waals surface area contributed by atoms with Gasteiger partial charge in [-0.25, -0.2) is 0 Å². The second kappa shape index (κ2) is 7.82. The van der Waals surface area contributed by atoms with Gasteiger partial charge in [0.05, 0.1) is 14.1 Å². The number of benzene rings is 2. The number of aliphatic hydroxyl groups is 1. The average Bonchev–Trinajstić information content (AvgIpc) is 2.46. The Morgan fingerprint density at radius 3 is 2.48 bits per heavy atom. The molecule has 2 rings (SSSR count).